The Morgan fingerprint density at radius 1 is 1.14 bits per heavy atom. The van der Waals surface area contributed by atoms with Gasteiger partial charge < -0.3 is 5.32 Å². The summed E-state index contributed by atoms with van der Waals surface area (Å²) >= 11 is 1.63. The highest BCUT2D eigenvalue weighted by molar-refractivity contribution is 7.13. The van der Waals surface area contributed by atoms with Crippen molar-refractivity contribution in [1.82, 2.24) is 44.6 Å². The van der Waals surface area contributed by atoms with E-state index < -0.39 is 0 Å². The second kappa shape index (κ2) is 10.3. The first kappa shape index (κ1) is 23.8. The Labute approximate surface area is 212 Å². The van der Waals surface area contributed by atoms with Gasteiger partial charge in [-0.25, -0.2) is 24.1 Å². The van der Waals surface area contributed by atoms with E-state index in [4.69, 9.17) is 9.97 Å². The van der Waals surface area contributed by atoms with Crippen LogP contribution < -0.4 is 5.32 Å². The summed E-state index contributed by atoms with van der Waals surface area (Å²) in [5, 5.41) is 13.8. The number of nitrogens with one attached hydrogen (secondary N) is 1. The molecule has 0 aromatic carbocycles. The molecular formula is C25H27N9OS. The highest BCUT2D eigenvalue weighted by Gasteiger charge is 2.18. The van der Waals surface area contributed by atoms with Gasteiger partial charge in [0.05, 0.1) is 28.0 Å². The minimum Gasteiger partial charge on any atom is -0.350 e. The summed E-state index contributed by atoms with van der Waals surface area (Å²) in [6.45, 7) is 8.75. The number of carbonyl (C=O) groups excluding carboxylic acids is 1. The zero-order valence-electron chi connectivity index (χ0n) is 20.4. The van der Waals surface area contributed by atoms with Gasteiger partial charge in [-0.15, -0.1) is 11.3 Å². The molecule has 5 rings (SSSR count). The average Bonchev–Trinajstić information content (AvgIpc) is 3.69. The lowest BCUT2D eigenvalue weighted by Gasteiger charge is -2.26. The summed E-state index contributed by atoms with van der Waals surface area (Å²) in [5.74, 6) is 0.309. The Morgan fingerprint density at radius 2 is 2.00 bits per heavy atom. The van der Waals surface area contributed by atoms with Crippen molar-refractivity contribution in [2.45, 2.75) is 26.8 Å². The Balaban J connectivity index is 1.53. The van der Waals surface area contributed by atoms with Crippen LogP contribution >= 0.6 is 11.3 Å². The normalized spacial score (nSPS) is 12.3. The van der Waals surface area contributed by atoms with E-state index in [2.05, 4.69) is 46.2 Å². The number of hydrogen-bond acceptors (Lipinski definition) is 8. The average molecular weight is 502 g/mol. The van der Waals surface area contributed by atoms with Crippen LogP contribution in [0.15, 0.2) is 60.8 Å². The van der Waals surface area contributed by atoms with Crippen molar-refractivity contribution < 1.29 is 4.79 Å². The SMILES string of the molecule is CCN(CC)C(C)CNC(=O)c1cc(-c2cnn3ccc(-c4cccs4)nc23)nc(-n2cncn2)c1. The van der Waals surface area contributed by atoms with Gasteiger partial charge in [0, 0.05) is 24.3 Å². The van der Waals surface area contributed by atoms with Crippen LogP contribution in [0.1, 0.15) is 31.1 Å². The predicted molar refractivity (Wildman–Crippen MR) is 139 cm³/mol. The van der Waals surface area contributed by atoms with Crippen molar-refractivity contribution in [2.75, 3.05) is 19.6 Å². The minimum absolute atomic E-state index is 0.178. The van der Waals surface area contributed by atoms with Crippen LogP contribution in [0, 0.1) is 0 Å². The van der Waals surface area contributed by atoms with Gasteiger partial charge in [0.2, 0.25) is 0 Å². The van der Waals surface area contributed by atoms with E-state index >= 15 is 0 Å². The first-order chi connectivity index (χ1) is 17.6. The maximum absolute atomic E-state index is 13.2. The molecule has 5 aromatic rings. The third kappa shape index (κ3) is 4.75. The molecule has 0 spiro atoms. The monoisotopic (exact) mass is 501 g/mol. The minimum atomic E-state index is -0.178. The topological polar surface area (TPSA) is 106 Å². The van der Waals surface area contributed by atoms with Crippen LogP contribution in [-0.2, 0) is 0 Å². The van der Waals surface area contributed by atoms with Gasteiger partial charge in [0.1, 0.15) is 12.7 Å². The third-order valence-corrected chi connectivity index (χ3v) is 7.03. The van der Waals surface area contributed by atoms with Gasteiger partial charge in [0.15, 0.2) is 11.5 Å². The van der Waals surface area contributed by atoms with E-state index in [1.165, 1.54) is 11.0 Å². The molecule has 36 heavy (non-hydrogen) atoms. The van der Waals surface area contributed by atoms with Crippen molar-refractivity contribution >= 4 is 22.9 Å². The summed E-state index contributed by atoms with van der Waals surface area (Å²) < 4.78 is 3.25. The first-order valence-corrected chi connectivity index (χ1v) is 12.7. The zero-order valence-corrected chi connectivity index (χ0v) is 21.2. The molecule has 11 heteroatoms. The van der Waals surface area contributed by atoms with Crippen molar-refractivity contribution in [3.63, 3.8) is 0 Å². The third-order valence-electron chi connectivity index (χ3n) is 6.14. The standard InChI is InChI=1S/C25H27N9OS/c1-4-32(5-2)17(3)13-27-25(35)18-11-21(30-23(12-18)34-16-26-15-29-34)19-14-28-33-9-8-20(31-24(19)33)22-7-6-10-36-22/h6-12,14-17H,4-5,13H2,1-3H3,(H,27,35). The molecular weight excluding hydrogens is 474 g/mol. The Kier molecular flexibility index (Phi) is 6.83. The molecule has 1 N–H and O–H groups in total. The molecule has 1 unspecified atom stereocenters. The second-order valence-electron chi connectivity index (χ2n) is 8.34. The number of likely N-dealkylation sites (N-methyl/N-ethyl adjacent to an activating group) is 1. The highest BCUT2D eigenvalue weighted by atomic mass is 32.1. The smallest absolute Gasteiger partial charge is 0.251 e. The van der Waals surface area contributed by atoms with Gasteiger partial charge in [-0.05, 0) is 49.7 Å². The molecule has 5 aromatic heterocycles. The second-order valence-corrected chi connectivity index (χ2v) is 9.28. The highest BCUT2D eigenvalue weighted by Crippen LogP contribution is 2.28. The van der Waals surface area contributed by atoms with Gasteiger partial charge in [-0.2, -0.15) is 10.2 Å². The van der Waals surface area contributed by atoms with E-state index in [-0.39, 0.29) is 11.9 Å². The largest absolute Gasteiger partial charge is 0.350 e. The Bertz CT molecular complexity index is 1460. The molecule has 0 radical (unpaired) electrons. The molecule has 0 fully saturated rings. The van der Waals surface area contributed by atoms with E-state index in [9.17, 15) is 4.79 Å². The molecule has 1 atom stereocenters. The van der Waals surface area contributed by atoms with Crippen molar-refractivity contribution in [1.29, 1.82) is 0 Å². The fourth-order valence-electron chi connectivity index (χ4n) is 4.16. The lowest BCUT2D eigenvalue weighted by Crippen LogP contribution is -2.42. The molecule has 0 saturated carbocycles. The molecule has 0 bridgehead atoms. The number of thiophene rings is 1. The number of hydrogen-bond donors (Lipinski definition) is 1. The summed E-state index contributed by atoms with van der Waals surface area (Å²) in [6, 6.07) is 9.67. The number of amides is 1. The number of pyridine rings is 1. The Hall–Kier alpha value is -3.96. The van der Waals surface area contributed by atoms with E-state index in [0.717, 1.165) is 29.2 Å². The molecule has 0 aliphatic rings. The summed E-state index contributed by atoms with van der Waals surface area (Å²) in [5.41, 5.74) is 3.29. The van der Waals surface area contributed by atoms with Crippen LogP contribution in [-0.4, -0.2) is 70.8 Å². The number of aromatic nitrogens is 7. The fourth-order valence-corrected chi connectivity index (χ4v) is 4.85. The molecule has 5 heterocycles. The van der Waals surface area contributed by atoms with Gasteiger partial charge >= 0.3 is 0 Å². The lowest BCUT2D eigenvalue weighted by molar-refractivity contribution is 0.0938. The van der Waals surface area contributed by atoms with Crippen molar-refractivity contribution in [2.24, 2.45) is 0 Å². The molecule has 1 amide bonds. The lowest BCUT2D eigenvalue weighted by atomic mass is 10.1. The molecule has 0 aliphatic carbocycles. The van der Waals surface area contributed by atoms with E-state index in [1.54, 1.807) is 40.5 Å². The number of carbonyl (C=O) groups is 1. The predicted octanol–water partition coefficient (Wildman–Crippen LogP) is 3.56. The maximum Gasteiger partial charge on any atom is 0.251 e. The Morgan fingerprint density at radius 3 is 2.72 bits per heavy atom. The van der Waals surface area contributed by atoms with Crippen molar-refractivity contribution in [3.05, 3.63) is 66.3 Å². The summed E-state index contributed by atoms with van der Waals surface area (Å²) in [6.07, 6.45) is 6.59. The van der Waals surface area contributed by atoms with Crippen LogP contribution in [0.2, 0.25) is 0 Å². The van der Waals surface area contributed by atoms with Gasteiger partial charge in [-0.1, -0.05) is 19.9 Å². The molecule has 0 aliphatic heterocycles. The number of fused-ring (bicyclic) bond motifs is 1. The van der Waals surface area contributed by atoms with Crippen LogP contribution in [0.3, 0.4) is 0 Å². The molecule has 0 saturated heterocycles. The first-order valence-electron chi connectivity index (χ1n) is 11.8. The van der Waals surface area contributed by atoms with Crippen molar-refractivity contribution in [3.8, 4) is 27.6 Å². The number of rotatable bonds is 9. The van der Waals surface area contributed by atoms with E-state index in [0.29, 0.717) is 29.3 Å². The quantitative estimate of drug-likeness (QED) is 0.329. The summed E-state index contributed by atoms with van der Waals surface area (Å²) in [4.78, 5) is 30.2. The molecule has 184 valence electrons. The number of nitrogens with zero attached hydrogens (tertiary/aromatic N) is 8. The summed E-state index contributed by atoms with van der Waals surface area (Å²) in [7, 11) is 0. The van der Waals surface area contributed by atoms with Crippen LogP contribution in [0.4, 0.5) is 0 Å². The maximum atomic E-state index is 13.2. The van der Waals surface area contributed by atoms with Crippen LogP contribution in [0.25, 0.3) is 33.3 Å². The molecule has 10 nitrogen and oxygen atoms in total. The van der Waals surface area contributed by atoms with Gasteiger partial charge in [0.25, 0.3) is 5.91 Å². The zero-order chi connectivity index (χ0) is 25.1. The van der Waals surface area contributed by atoms with E-state index in [1.807, 2.05) is 29.8 Å². The van der Waals surface area contributed by atoms with Gasteiger partial charge in [-0.3, -0.25) is 9.69 Å². The van der Waals surface area contributed by atoms with Crippen LogP contribution in [0.5, 0.6) is 0 Å². The fraction of sp³-hybridized carbons (Fsp3) is 0.280.